The molecule has 5 nitrogen and oxygen atoms in total. The fraction of sp³-hybridized carbons (Fsp3) is 0.167. The number of halogens is 1. The van der Waals surface area contributed by atoms with E-state index in [-0.39, 0.29) is 5.56 Å². The summed E-state index contributed by atoms with van der Waals surface area (Å²) >= 11 is 6.21. The van der Waals surface area contributed by atoms with Crippen molar-refractivity contribution < 1.29 is 9.90 Å². The van der Waals surface area contributed by atoms with Crippen LogP contribution in [0.3, 0.4) is 0 Å². The number of carboxylic acids is 1. The Labute approximate surface area is 144 Å². The topological polar surface area (TPSA) is 68.0 Å². The van der Waals surface area contributed by atoms with Crippen molar-refractivity contribution in [2.45, 2.75) is 19.9 Å². The van der Waals surface area contributed by atoms with E-state index in [0.717, 1.165) is 17.5 Å². The summed E-state index contributed by atoms with van der Waals surface area (Å²) in [5.41, 5.74) is 3.04. The standard InChI is InChI=1S/C18H16ClN3O2/c1-2-12-10-22(11-13-6-3-4-8-15(13)19)21-16(12)17-14(18(23)24)7-5-9-20-17/h3-10H,2,11H2,1H3,(H,23,24). The van der Waals surface area contributed by atoms with Crippen molar-refractivity contribution in [2.75, 3.05) is 0 Å². The molecule has 3 rings (SSSR count). The van der Waals surface area contributed by atoms with Crippen LogP contribution in [-0.2, 0) is 13.0 Å². The third kappa shape index (κ3) is 3.16. The summed E-state index contributed by atoms with van der Waals surface area (Å²) in [4.78, 5) is 15.7. The monoisotopic (exact) mass is 341 g/mol. The Morgan fingerprint density at radius 3 is 2.67 bits per heavy atom. The van der Waals surface area contributed by atoms with E-state index in [1.165, 1.54) is 6.07 Å². The second-order valence-electron chi connectivity index (χ2n) is 5.35. The van der Waals surface area contributed by atoms with Gasteiger partial charge in [0, 0.05) is 17.4 Å². The van der Waals surface area contributed by atoms with Crippen molar-refractivity contribution in [3.05, 3.63) is 70.5 Å². The van der Waals surface area contributed by atoms with Crippen LogP contribution in [-0.4, -0.2) is 25.8 Å². The molecule has 0 aliphatic heterocycles. The first-order valence-electron chi connectivity index (χ1n) is 7.58. The van der Waals surface area contributed by atoms with E-state index in [4.69, 9.17) is 11.6 Å². The molecule has 0 radical (unpaired) electrons. The van der Waals surface area contributed by atoms with Crippen LogP contribution in [0.2, 0.25) is 5.02 Å². The minimum absolute atomic E-state index is 0.148. The summed E-state index contributed by atoms with van der Waals surface area (Å²) < 4.78 is 1.77. The number of carbonyl (C=O) groups is 1. The van der Waals surface area contributed by atoms with Crippen molar-refractivity contribution in [3.8, 4) is 11.4 Å². The molecule has 0 bridgehead atoms. The van der Waals surface area contributed by atoms with Gasteiger partial charge in [0.05, 0.1) is 12.1 Å². The van der Waals surface area contributed by atoms with Crippen molar-refractivity contribution in [1.29, 1.82) is 0 Å². The van der Waals surface area contributed by atoms with Crippen LogP contribution < -0.4 is 0 Å². The van der Waals surface area contributed by atoms with Crippen LogP contribution in [0.25, 0.3) is 11.4 Å². The SMILES string of the molecule is CCc1cn(Cc2ccccc2Cl)nc1-c1ncccc1C(=O)O. The van der Waals surface area contributed by atoms with Crippen molar-refractivity contribution >= 4 is 17.6 Å². The summed E-state index contributed by atoms with van der Waals surface area (Å²) in [5, 5.41) is 14.6. The molecule has 0 atom stereocenters. The van der Waals surface area contributed by atoms with Crippen LogP contribution in [0.5, 0.6) is 0 Å². The van der Waals surface area contributed by atoms with Gasteiger partial charge >= 0.3 is 5.97 Å². The predicted molar refractivity (Wildman–Crippen MR) is 92.3 cm³/mol. The second kappa shape index (κ2) is 6.84. The first-order chi connectivity index (χ1) is 11.6. The van der Waals surface area contributed by atoms with Gasteiger partial charge in [0.1, 0.15) is 11.4 Å². The number of aromatic carboxylic acids is 1. The molecule has 122 valence electrons. The third-order valence-electron chi connectivity index (χ3n) is 3.77. The lowest BCUT2D eigenvalue weighted by Gasteiger charge is -2.05. The number of aryl methyl sites for hydroxylation is 1. The molecule has 3 aromatic rings. The Bertz CT molecular complexity index is 889. The zero-order chi connectivity index (χ0) is 17.1. The number of nitrogens with zero attached hydrogens (tertiary/aromatic N) is 3. The molecule has 6 heteroatoms. The van der Waals surface area contributed by atoms with Gasteiger partial charge in [0.25, 0.3) is 0 Å². The average Bonchev–Trinajstić information content (AvgIpc) is 2.99. The third-order valence-corrected chi connectivity index (χ3v) is 4.14. The molecule has 0 aliphatic carbocycles. The second-order valence-corrected chi connectivity index (χ2v) is 5.76. The highest BCUT2D eigenvalue weighted by Crippen LogP contribution is 2.25. The number of hydrogen-bond donors (Lipinski definition) is 1. The normalized spacial score (nSPS) is 10.8. The highest BCUT2D eigenvalue weighted by Gasteiger charge is 2.18. The highest BCUT2D eigenvalue weighted by atomic mass is 35.5. The van der Waals surface area contributed by atoms with Crippen molar-refractivity contribution in [1.82, 2.24) is 14.8 Å². The zero-order valence-electron chi connectivity index (χ0n) is 13.1. The van der Waals surface area contributed by atoms with Crippen LogP contribution in [0.15, 0.2) is 48.8 Å². The average molecular weight is 342 g/mol. The van der Waals surface area contributed by atoms with E-state index in [0.29, 0.717) is 23.0 Å². The molecule has 1 N–H and O–H groups in total. The molecular formula is C18H16ClN3O2. The van der Waals surface area contributed by atoms with E-state index in [1.54, 1.807) is 16.9 Å². The van der Waals surface area contributed by atoms with Gasteiger partial charge in [-0.3, -0.25) is 9.67 Å². The number of benzene rings is 1. The molecule has 24 heavy (non-hydrogen) atoms. The first-order valence-corrected chi connectivity index (χ1v) is 7.96. The fourth-order valence-electron chi connectivity index (χ4n) is 2.57. The molecule has 1 aromatic carbocycles. The molecule has 2 heterocycles. The van der Waals surface area contributed by atoms with Crippen molar-refractivity contribution in [2.24, 2.45) is 0 Å². The Balaban J connectivity index is 2.03. The minimum Gasteiger partial charge on any atom is -0.478 e. The maximum atomic E-state index is 11.4. The van der Waals surface area contributed by atoms with E-state index in [1.807, 2.05) is 37.4 Å². The molecular weight excluding hydrogens is 326 g/mol. The molecule has 0 amide bonds. The van der Waals surface area contributed by atoms with Gasteiger partial charge in [-0.2, -0.15) is 5.10 Å². The number of pyridine rings is 1. The first kappa shape index (κ1) is 16.2. The Hall–Kier alpha value is -2.66. The Kier molecular flexibility index (Phi) is 4.62. The van der Waals surface area contributed by atoms with Gasteiger partial charge in [-0.25, -0.2) is 4.79 Å². The fourth-order valence-corrected chi connectivity index (χ4v) is 2.76. The summed E-state index contributed by atoms with van der Waals surface area (Å²) in [6.07, 6.45) is 4.22. The van der Waals surface area contributed by atoms with Crippen LogP contribution in [0.1, 0.15) is 28.4 Å². The summed E-state index contributed by atoms with van der Waals surface area (Å²) in [7, 11) is 0. The summed E-state index contributed by atoms with van der Waals surface area (Å²) in [5.74, 6) is -1.01. The van der Waals surface area contributed by atoms with Gasteiger partial charge in [-0.1, -0.05) is 36.7 Å². The highest BCUT2D eigenvalue weighted by molar-refractivity contribution is 6.31. The molecule has 0 unspecified atom stereocenters. The van der Waals surface area contributed by atoms with E-state index >= 15 is 0 Å². The van der Waals surface area contributed by atoms with Crippen LogP contribution in [0, 0.1) is 0 Å². The number of carboxylic acid groups (broad SMARTS) is 1. The number of rotatable bonds is 5. The van der Waals surface area contributed by atoms with E-state index in [2.05, 4.69) is 10.1 Å². The van der Waals surface area contributed by atoms with Gasteiger partial charge in [0.2, 0.25) is 0 Å². The maximum absolute atomic E-state index is 11.4. The van der Waals surface area contributed by atoms with Crippen molar-refractivity contribution in [3.63, 3.8) is 0 Å². The lowest BCUT2D eigenvalue weighted by molar-refractivity contribution is 0.0697. The number of aromatic nitrogens is 3. The molecule has 0 spiro atoms. The van der Waals surface area contributed by atoms with Gasteiger partial charge in [-0.05, 0) is 35.7 Å². The molecule has 0 saturated carbocycles. The van der Waals surface area contributed by atoms with Gasteiger partial charge in [0.15, 0.2) is 0 Å². The maximum Gasteiger partial charge on any atom is 0.337 e. The molecule has 0 aliphatic rings. The molecule has 2 aromatic heterocycles. The number of hydrogen-bond acceptors (Lipinski definition) is 3. The largest absolute Gasteiger partial charge is 0.478 e. The van der Waals surface area contributed by atoms with E-state index < -0.39 is 5.97 Å². The lowest BCUT2D eigenvalue weighted by Crippen LogP contribution is -2.04. The molecule has 0 saturated heterocycles. The smallest absolute Gasteiger partial charge is 0.337 e. The summed E-state index contributed by atoms with van der Waals surface area (Å²) in [6, 6.07) is 10.7. The lowest BCUT2D eigenvalue weighted by atomic mass is 10.1. The van der Waals surface area contributed by atoms with Crippen LogP contribution in [0.4, 0.5) is 0 Å². The molecule has 0 fully saturated rings. The zero-order valence-corrected chi connectivity index (χ0v) is 13.9. The Morgan fingerprint density at radius 1 is 1.17 bits per heavy atom. The quantitative estimate of drug-likeness (QED) is 0.764. The summed E-state index contributed by atoms with van der Waals surface area (Å²) in [6.45, 7) is 2.52. The van der Waals surface area contributed by atoms with Gasteiger partial charge < -0.3 is 5.11 Å². The van der Waals surface area contributed by atoms with Gasteiger partial charge in [-0.15, -0.1) is 0 Å². The van der Waals surface area contributed by atoms with Crippen LogP contribution >= 0.6 is 11.6 Å². The minimum atomic E-state index is -1.01. The predicted octanol–water partition coefficient (Wildman–Crippen LogP) is 3.91. The van der Waals surface area contributed by atoms with E-state index in [9.17, 15) is 9.90 Å². The Morgan fingerprint density at radius 2 is 1.96 bits per heavy atom.